The molecule has 3 nitrogen and oxygen atoms in total. The molecule has 0 aliphatic rings. The van der Waals surface area contributed by atoms with E-state index in [1.54, 1.807) is 18.9 Å². The number of hydrogen-bond acceptors (Lipinski definition) is 4. The number of ether oxygens (including phenoxy) is 1. The zero-order chi connectivity index (χ0) is 13.8. The monoisotopic (exact) mass is 348 g/mol. The molecule has 100 valence electrons. The number of aromatic nitrogens is 2. The molecule has 0 unspecified atom stereocenters. The summed E-state index contributed by atoms with van der Waals surface area (Å²) >= 11 is 1.83. The molecule has 0 radical (unpaired) electrons. The number of nitrogens with zero attached hydrogens (tertiary/aromatic N) is 2. The second kappa shape index (κ2) is 6.27. The predicted octanol–water partition coefficient (Wildman–Crippen LogP) is 3.36. The first kappa shape index (κ1) is 13.4. The van der Waals surface area contributed by atoms with E-state index in [0.717, 1.165) is 17.0 Å². The minimum atomic E-state index is 0.0791. The van der Waals surface area contributed by atoms with Crippen LogP contribution in [-0.2, 0) is 0 Å². The van der Waals surface area contributed by atoms with Crippen molar-refractivity contribution in [1.82, 2.24) is 9.19 Å². The molecular formula is C15H12N2OSSe. The van der Waals surface area contributed by atoms with Gasteiger partial charge in [-0.1, -0.05) is 0 Å². The van der Waals surface area contributed by atoms with Gasteiger partial charge in [-0.3, -0.25) is 0 Å². The Bertz CT molecular complexity index is 683. The van der Waals surface area contributed by atoms with Gasteiger partial charge < -0.3 is 0 Å². The Labute approximate surface area is 128 Å². The van der Waals surface area contributed by atoms with Gasteiger partial charge in [-0.25, -0.2) is 0 Å². The maximum absolute atomic E-state index is 5.18. The van der Waals surface area contributed by atoms with Crippen molar-refractivity contribution in [2.45, 2.75) is 8.66 Å². The first-order chi connectivity index (χ1) is 9.86. The van der Waals surface area contributed by atoms with Crippen LogP contribution in [-0.4, -0.2) is 31.0 Å². The molecule has 1 aromatic heterocycles. The van der Waals surface area contributed by atoms with E-state index in [1.807, 2.05) is 42.5 Å². The molecule has 0 fully saturated rings. The van der Waals surface area contributed by atoms with Crippen molar-refractivity contribution in [3.63, 3.8) is 0 Å². The van der Waals surface area contributed by atoms with Gasteiger partial charge in [0.15, 0.2) is 0 Å². The van der Waals surface area contributed by atoms with Gasteiger partial charge in [-0.15, -0.1) is 0 Å². The van der Waals surface area contributed by atoms with Crippen LogP contribution >= 0.6 is 11.8 Å². The van der Waals surface area contributed by atoms with Gasteiger partial charge in [-0.05, 0) is 0 Å². The SMILES string of the molecule is COc1ccc(-c2nn[se]c2Sc2ccccc2)cc1. The van der Waals surface area contributed by atoms with Gasteiger partial charge in [0.25, 0.3) is 0 Å². The third-order valence-corrected chi connectivity index (χ3v) is 5.67. The van der Waals surface area contributed by atoms with Gasteiger partial charge in [0.05, 0.1) is 0 Å². The average Bonchev–Trinajstić information content (AvgIpc) is 2.96. The van der Waals surface area contributed by atoms with Crippen molar-refractivity contribution in [3.05, 3.63) is 54.6 Å². The molecule has 0 saturated carbocycles. The summed E-state index contributed by atoms with van der Waals surface area (Å²) in [4.78, 5) is 1.22. The van der Waals surface area contributed by atoms with Crippen molar-refractivity contribution in [1.29, 1.82) is 0 Å². The van der Waals surface area contributed by atoms with Crippen molar-refractivity contribution in [3.8, 4) is 17.0 Å². The molecule has 0 bridgehead atoms. The number of rotatable bonds is 4. The summed E-state index contributed by atoms with van der Waals surface area (Å²) in [5.74, 6) is 0.854. The normalized spacial score (nSPS) is 10.4. The topological polar surface area (TPSA) is 35.0 Å². The molecule has 2 aromatic carbocycles. The summed E-state index contributed by atoms with van der Waals surface area (Å²) in [6.45, 7) is 0. The molecule has 0 atom stereocenters. The summed E-state index contributed by atoms with van der Waals surface area (Å²) in [7, 11) is 1.67. The van der Waals surface area contributed by atoms with Gasteiger partial charge in [0.1, 0.15) is 0 Å². The molecule has 3 rings (SSSR count). The molecule has 0 aliphatic heterocycles. The Hall–Kier alpha value is -1.55. The second-order valence-electron chi connectivity index (χ2n) is 4.05. The summed E-state index contributed by atoms with van der Waals surface area (Å²) in [5, 5.41) is 4.31. The Balaban J connectivity index is 1.89. The first-order valence-electron chi connectivity index (χ1n) is 6.06. The molecule has 5 heteroatoms. The number of hydrogen-bond donors (Lipinski definition) is 0. The quantitative estimate of drug-likeness (QED) is 0.678. The molecule has 3 aromatic rings. The Morgan fingerprint density at radius 3 is 2.45 bits per heavy atom. The molecule has 0 amide bonds. The Morgan fingerprint density at radius 1 is 1.00 bits per heavy atom. The van der Waals surface area contributed by atoms with Crippen molar-refractivity contribution in [2.75, 3.05) is 7.11 Å². The van der Waals surface area contributed by atoms with Crippen LogP contribution in [0.1, 0.15) is 0 Å². The fourth-order valence-electron chi connectivity index (χ4n) is 1.77. The molecule has 1 heterocycles. The maximum atomic E-state index is 5.18. The van der Waals surface area contributed by atoms with E-state index in [1.165, 1.54) is 8.66 Å². The van der Waals surface area contributed by atoms with Gasteiger partial charge in [0.2, 0.25) is 0 Å². The fourth-order valence-corrected chi connectivity index (χ4v) is 4.51. The predicted molar refractivity (Wildman–Crippen MR) is 81.5 cm³/mol. The first-order valence-corrected chi connectivity index (χ1v) is 8.50. The van der Waals surface area contributed by atoms with Crippen LogP contribution in [0.2, 0.25) is 0 Å². The summed E-state index contributed by atoms with van der Waals surface area (Å²) in [5.41, 5.74) is 2.08. The summed E-state index contributed by atoms with van der Waals surface area (Å²) < 4.78 is 10.6. The van der Waals surface area contributed by atoms with Gasteiger partial charge in [-0.2, -0.15) is 0 Å². The van der Waals surface area contributed by atoms with Gasteiger partial charge in [0, 0.05) is 0 Å². The number of benzene rings is 2. The van der Waals surface area contributed by atoms with Crippen molar-refractivity contribution < 1.29 is 4.74 Å². The zero-order valence-electron chi connectivity index (χ0n) is 10.8. The Morgan fingerprint density at radius 2 is 1.75 bits per heavy atom. The van der Waals surface area contributed by atoms with Crippen LogP contribution < -0.4 is 4.74 Å². The van der Waals surface area contributed by atoms with E-state index >= 15 is 0 Å². The molecular weight excluding hydrogens is 335 g/mol. The number of methoxy groups -OCH3 is 1. The fraction of sp³-hybridized carbons (Fsp3) is 0.0667. The molecule has 0 aliphatic carbocycles. The van der Waals surface area contributed by atoms with E-state index in [4.69, 9.17) is 4.74 Å². The molecule has 0 spiro atoms. The van der Waals surface area contributed by atoms with E-state index in [0.29, 0.717) is 0 Å². The van der Waals surface area contributed by atoms with Gasteiger partial charge >= 0.3 is 128 Å². The zero-order valence-corrected chi connectivity index (χ0v) is 13.3. The van der Waals surface area contributed by atoms with E-state index in [-0.39, 0.29) is 14.7 Å². The Kier molecular flexibility index (Phi) is 4.21. The second-order valence-corrected chi connectivity index (χ2v) is 7.30. The molecule has 0 saturated heterocycles. The van der Waals surface area contributed by atoms with E-state index in [2.05, 4.69) is 21.3 Å². The molecule has 0 N–H and O–H groups in total. The van der Waals surface area contributed by atoms with Crippen LogP contribution in [0.25, 0.3) is 11.3 Å². The standard InChI is InChI=1S/C15H12N2OSSe/c1-18-12-9-7-11(8-10-12)14-15(20-17-16-14)19-13-5-3-2-4-6-13/h2-10H,1H3. The van der Waals surface area contributed by atoms with Crippen LogP contribution in [0.5, 0.6) is 5.75 Å². The minimum absolute atomic E-state index is 0.0791. The van der Waals surface area contributed by atoms with Crippen LogP contribution in [0.3, 0.4) is 0 Å². The van der Waals surface area contributed by atoms with Crippen molar-refractivity contribution in [2.24, 2.45) is 0 Å². The summed E-state index contributed by atoms with van der Waals surface area (Å²) in [6, 6.07) is 18.3. The van der Waals surface area contributed by atoms with E-state index < -0.39 is 0 Å². The third kappa shape index (κ3) is 2.96. The average molecular weight is 347 g/mol. The van der Waals surface area contributed by atoms with E-state index in [9.17, 15) is 0 Å². The van der Waals surface area contributed by atoms with Crippen LogP contribution in [0, 0.1) is 0 Å². The van der Waals surface area contributed by atoms with Crippen LogP contribution in [0.15, 0.2) is 63.3 Å². The molecule has 20 heavy (non-hydrogen) atoms. The van der Waals surface area contributed by atoms with Crippen LogP contribution in [0.4, 0.5) is 0 Å². The third-order valence-electron chi connectivity index (χ3n) is 2.78. The summed E-state index contributed by atoms with van der Waals surface area (Å²) in [6.07, 6.45) is 0. The van der Waals surface area contributed by atoms with Crippen molar-refractivity contribution >= 4 is 26.5 Å².